The van der Waals surface area contributed by atoms with Gasteiger partial charge in [0, 0.05) is 9.13 Å². The Morgan fingerprint density at radius 3 is 2.31 bits per heavy atom. The molecular formula is C11H13IO. The summed E-state index contributed by atoms with van der Waals surface area (Å²) in [6.07, 6.45) is 0. The van der Waals surface area contributed by atoms with Crippen molar-refractivity contribution >= 4 is 31.0 Å². The van der Waals surface area contributed by atoms with Gasteiger partial charge in [-0.2, -0.15) is 0 Å². The Bertz CT molecular complexity index is 367. The van der Waals surface area contributed by atoms with Crippen molar-refractivity contribution in [3.05, 3.63) is 32.4 Å². The molecule has 1 nitrogen and oxygen atoms in total. The molecule has 0 bridgehead atoms. The quantitative estimate of drug-likeness (QED) is 0.604. The van der Waals surface area contributed by atoms with Gasteiger partial charge in [0.15, 0.2) is 5.78 Å². The van der Waals surface area contributed by atoms with Crippen LogP contribution in [-0.4, -0.2) is 10.3 Å². The molecule has 0 fully saturated rings. The maximum Gasteiger partial charge on any atom is 0.160 e. The minimum absolute atomic E-state index is 0.154. The van der Waals surface area contributed by atoms with Crippen molar-refractivity contribution in [2.45, 2.75) is 20.8 Å². The van der Waals surface area contributed by atoms with Gasteiger partial charge in [-0.05, 0) is 44.0 Å². The normalized spacial score (nSPS) is 10.1. The van der Waals surface area contributed by atoms with E-state index in [9.17, 15) is 4.79 Å². The molecule has 1 aromatic rings. The molecule has 2 heteroatoms. The summed E-state index contributed by atoms with van der Waals surface area (Å²) in [7, 11) is 0. The third-order valence-electron chi connectivity index (χ3n) is 2.11. The maximum atomic E-state index is 11.3. The molecule has 70 valence electrons. The van der Waals surface area contributed by atoms with Gasteiger partial charge >= 0.3 is 0 Å². The second-order valence-electron chi connectivity index (χ2n) is 3.11. The fraction of sp³-hybridized carbons (Fsp3) is 0.273. The lowest BCUT2D eigenvalue weighted by Crippen LogP contribution is -1.98. The summed E-state index contributed by atoms with van der Waals surface area (Å²) in [5.74, 6) is 0.154. The summed E-state index contributed by atoms with van der Waals surface area (Å²) in [5, 5.41) is 0. The number of hydrogen-bond donors (Lipinski definition) is 0. The Labute approximate surface area is 88.9 Å². The van der Waals surface area contributed by atoms with E-state index in [4.69, 9.17) is 0 Å². The van der Waals surface area contributed by atoms with E-state index in [-0.39, 0.29) is 26.5 Å². The fourth-order valence-corrected chi connectivity index (χ4v) is 2.80. The molecule has 0 saturated carbocycles. The predicted molar refractivity (Wildman–Crippen MR) is 65.8 cm³/mol. The first-order valence-corrected chi connectivity index (χ1v) is 6.67. The molecular weight excluding hydrogens is 275 g/mol. The lowest BCUT2D eigenvalue weighted by atomic mass is 10.0. The van der Waals surface area contributed by atoms with Crippen molar-refractivity contribution in [1.82, 2.24) is 0 Å². The molecule has 0 aliphatic carbocycles. The van der Waals surface area contributed by atoms with Crippen molar-refractivity contribution in [1.29, 1.82) is 0 Å². The standard InChI is InChI=1S/C11H13IO/c1-7-5-10(9(3)13)11(12-4)6-8(7)2/h5-6H,4H2,1-3H3. The van der Waals surface area contributed by atoms with Gasteiger partial charge < -0.3 is 0 Å². The molecule has 0 saturated heterocycles. The van der Waals surface area contributed by atoms with E-state index in [0.717, 1.165) is 9.13 Å². The van der Waals surface area contributed by atoms with Crippen LogP contribution in [-0.2, 0) is 0 Å². The van der Waals surface area contributed by atoms with Gasteiger partial charge in [-0.15, -0.1) is 0 Å². The van der Waals surface area contributed by atoms with Crippen LogP contribution in [0.3, 0.4) is 0 Å². The number of aryl methyl sites for hydroxylation is 2. The summed E-state index contributed by atoms with van der Waals surface area (Å²) in [5.41, 5.74) is 3.31. The number of halogens is 1. The monoisotopic (exact) mass is 288 g/mol. The van der Waals surface area contributed by atoms with E-state index in [1.54, 1.807) is 6.92 Å². The zero-order chi connectivity index (χ0) is 10.0. The van der Waals surface area contributed by atoms with E-state index < -0.39 is 0 Å². The van der Waals surface area contributed by atoms with Crippen LogP contribution in [0, 0.1) is 17.4 Å². The van der Waals surface area contributed by atoms with Gasteiger partial charge in [0.05, 0.1) is 0 Å². The SMILES string of the molecule is C=Ic1cc(C)c(C)cc1C(C)=O. The van der Waals surface area contributed by atoms with Crippen LogP contribution in [0.4, 0.5) is 0 Å². The average molecular weight is 288 g/mol. The van der Waals surface area contributed by atoms with Gasteiger partial charge in [0.1, 0.15) is 0 Å². The Kier molecular flexibility index (Phi) is 3.36. The number of hydrogen-bond acceptors (Lipinski definition) is 1. The van der Waals surface area contributed by atoms with E-state index in [1.807, 2.05) is 13.0 Å². The summed E-state index contributed by atoms with van der Waals surface area (Å²) in [6, 6.07) is 4.09. The molecule has 0 atom stereocenters. The number of benzene rings is 1. The highest BCUT2D eigenvalue weighted by atomic mass is 127. The number of rotatable bonds is 2. The van der Waals surface area contributed by atoms with Crippen LogP contribution >= 0.6 is 20.7 Å². The van der Waals surface area contributed by atoms with Crippen molar-refractivity contribution < 1.29 is 4.79 Å². The maximum absolute atomic E-state index is 11.3. The minimum atomic E-state index is -0.246. The lowest BCUT2D eigenvalue weighted by molar-refractivity contribution is 0.101. The molecule has 13 heavy (non-hydrogen) atoms. The summed E-state index contributed by atoms with van der Waals surface area (Å²) in [6.45, 7) is 5.72. The van der Waals surface area contributed by atoms with E-state index in [2.05, 4.69) is 17.5 Å². The van der Waals surface area contributed by atoms with Gasteiger partial charge in [0.2, 0.25) is 0 Å². The molecule has 0 amide bonds. The molecule has 0 aliphatic heterocycles. The second kappa shape index (κ2) is 4.13. The summed E-state index contributed by atoms with van der Waals surface area (Å²) >= 11 is -0.246. The lowest BCUT2D eigenvalue weighted by Gasteiger charge is -2.06. The molecule has 1 rings (SSSR count). The zero-order valence-electron chi connectivity index (χ0n) is 8.15. The topological polar surface area (TPSA) is 17.1 Å². The van der Waals surface area contributed by atoms with Gasteiger partial charge in [-0.3, -0.25) is 4.79 Å². The van der Waals surface area contributed by atoms with Crippen LogP contribution in [0.2, 0.25) is 0 Å². The Morgan fingerprint density at radius 2 is 1.85 bits per heavy atom. The van der Waals surface area contributed by atoms with Crippen LogP contribution in [0.5, 0.6) is 0 Å². The van der Waals surface area contributed by atoms with E-state index in [0.29, 0.717) is 0 Å². The highest BCUT2D eigenvalue weighted by molar-refractivity contribution is 14.2. The van der Waals surface area contributed by atoms with Gasteiger partial charge in [-0.25, -0.2) is 0 Å². The Morgan fingerprint density at radius 1 is 1.31 bits per heavy atom. The van der Waals surface area contributed by atoms with E-state index >= 15 is 0 Å². The molecule has 1 aromatic carbocycles. The Hall–Kier alpha value is -0.510. The molecule has 0 aromatic heterocycles. The molecule has 0 spiro atoms. The minimum Gasteiger partial charge on any atom is -0.294 e. The average Bonchev–Trinajstić information content (AvgIpc) is 2.08. The predicted octanol–water partition coefficient (Wildman–Crippen LogP) is 3.08. The third-order valence-corrected chi connectivity index (χ3v) is 3.82. The zero-order valence-corrected chi connectivity index (χ0v) is 10.3. The first kappa shape index (κ1) is 10.6. The van der Waals surface area contributed by atoms with Crippen molar-refractivity contribution in [2.75, 3.05) is 0 Å². The molecule has 0 unspecified atom stereocenters. The highest BCUT2D eigenvalue weighted by Crippen LogP contribution is 2.20. The number of ketones is 1. The summed E-state index contributed by atoms with van der Waals surface area (Å²) < 4.78 is 5.09. The Balaban J connectivity index is 3.41. The molecule has 0 aliphatic rings. The first-order valence-electron chi connectivity index (χ1n) is 4.07. The summed E-state index contributed by atoms with van der Waals surface area (Å²) in [4.78, 5) is 11.3. The van der Waals surface area contributed by atoms with Gasteiger partial charge in [0.25, 0.3) is 0 Å². The smallest absolute Gasteiger partial charge is 0.160 e. The number of Topliss-reactive ketones (excluding diaryl/α,β-unsaturated/α-hetero) is 1. The fourth-order valence-electron chi connectivity index (χ4n) is 1.16. The first-order chi connectivity index (χ1) is 6.06. The number of carbonyl (C=O) groups excluding carboxylic acids is 1. The third kappa shape index (κ3) is 2.24. The molecule has 0 radical (unpaired) electrons. The van der Waals surface area contributed by atoms with E-state index in [1.165, 1.54) is 11.1 Å². The molecule has 0 N–H and O–H groups in total. The number of carbonyl (C=O) groups is 1. The highest BCUT2D eigenvalue weighted by Gasteiger charge is 2.06. The van der Waals surface area contributed by atoms with Crippen LogP contribution in [0.25, 0.3) is 0 Å². The second-order valence-corrected chi connectivity index (χ2v) is 5.03. The van der Waals surface area contributed by atoms with Crippen LogP contribution < -0.4 is 0 Å². The van der Waals surface area contributed by atoms with Gasteiger partial charge in [-0.1, -0.05) is 25.2 Å². The van der Waals surface area contributed by atoms with Crippen molar-refractivity contribution in [2.24, 2.45) is 0 Å². The van der Waals surface area contributed by atoms with Crippen molar-refractivity contribution in [3.63, 3.8) is 0 Å². The van der Waals surface area contributed by atoms with Crippen LogP contribution in [0.1, 0.15) is 28.4 Å². The largest absolute Gasteiger partial charge is 0.294 e. The molecule has 0 heterocycles. The van der Waals surface area contributed by atoms with Crippen LogP contribution in [0.15, 0.2) is 12.1 Å². The van der Waals surface area contributed by atoms with Crippen molar-refractivity contribution in [3.8, 4) is 0 Å².